The molecule has 3 heterocycles. The molecule has 0 N–H and O–H groups in total. The molecule has 0 aliphatic heterocycles. The molecule has 0 aliphatic carbocycles. The highest BCUT2D eigenvalue weighted by atomic mass is 19.1. The summed E-state index contributed by atoms with van der Waals surface area (Å²) in [5.41, 5.74) is 1.75. The van der Waals surface area contributed by atoms with Gasteiger partial charge in [0.05, 0.1) is 11.8 Å². The molecule has 0 amide bonds. The number of carbonyl (C=O) groups is 1. The largest absolute Gasteiger partial charge is 0.452 e. The first-order valence-electron chi connectivity index (χ1n) is 11.9. The normalized spacial score (nSPS) is 11.1. The number of hydrogen-bond donors (Lipinski definition) is 0. The van der Waals surface area contributed by atoms with E-state index in [4.69, 9.17) is 4.74 Å². The highest BCUT2D eigenvalue weighted by molar-refractivity contribution is 5.98. The average Bonchev–Trinajstić information content (AvgIpc) is 3.37. The quantitative estimate of drug-likeness (QED) is 0.248. The fourth-order valence-electron chi connectivity index (χ4n) is 4.30. The highest BCUT2D eigenvalue weighted by Crippen LogP contribution is 2.29. The molecule has 37 heavy (non-hydrogen) atoms. The first-order chi connectivity index (χ1) is 17.9. The fraction of sp³-hybridized carbons (Fsp3) is 0.138. The molecular formula is C29H23F2N3O3. The molecule has 0 saturated heterocycles. The number of ether oxygens (including phenoxy) is 1. The first kappa shape index (κ1) is 24.1. The van der Waals surface area contributed by atoms with Gasteiger partial charge in [-0.1, -0.05) is 19.4 Å². The summed E-state index contributed by atoms with van der Waals surface area (Å²) in [6.45, 7) is 1.96. The van der Waals surface area contributed by atoms with E-state index in [1.54, 1.807) is 53.4 Å². The Balaban J connectivity index is 1.43. The van der Waals surface area contributed by atoms with Crippen LogP contribution in [-0.2, 0) is 12.8 Å². The van der Waals surface area contributed by atoms with Crippen LogP contribution in [0.2, 0.25) is 0 Å². The molecule has 0 spiro atoms. The van der Waals surface area contributed by atoms with Crippen molar-refractivity contribution in [3.8, 4) is 17.2 Å². The summed E-state index contributed by atoms with van der Waals surface area (Å²) in [6.07, 6.45) is 6.09. The second-order valence-electron chi connectivity index (χ2n) is 8.62. The Morgan fingerprint density at radius 1 is 0.973 bits per heavy atom. The highest BCUT2D eigenvalue weighted by Gasteiger charge is 2.20. The van der Waals surface area contributed by atoms with E-state index in [0.29, 0.717) is 34.5 Å². The summed E-state index contributed by atoms with van der Waals surface area (Å²) >= 11 is 0. The van der Waals surface area contributed by atoms with Gasteiger partial charge in [-0.15, -0.1) is 0 Å². The SMILES string of the molecule is CCCc1ccn(-c2ccc(F)cc2)c(=O)c1C(=O)Cc1ccc(Oc2cccn3nccc23)c(F)c1. The lowest BCUT2D eigenvalue weighted by molar-refractivity contribution is 0.0990. The number of rotatable bonds is 8. The van der Waals surface area contributed by atoms with Crippen molar-refractivity contribution in [2.24, 2.45) is 0 Å². The van der Waals surface area contributed by atoms with Gasteiger partial charge in [0.1, 0.15) is 11.3 Å². The molecule has 186 valence electrons. The van der Waals surface area contributed by atoms with Gasteiger partial charge in [-0.05, 0) is 78.2 Å². The van der Waals surface area contributed by atoms with Gasteiger partial charge in [-0.25, -0.2) is 13.3 Å². The van der Waals surface area contributed by atoms with Crippen molar-refractivity contribution in [3.05, 3.63) is 124 Å². The minimum absolute atomic E-state index is 0.00977. The molecular weight excluding hydrogens is 476 g/mol. The van der Waals surface area contributed by atoms with Crippen LogP contribution < -0.4 is 10.3 Å². The predicted octanol–water partition coefficient (Wildman–Crippen LogP) is 5.93. The zero-order valence-corrected chi connectivity index (χ0v) is 20.0. The molecule has 6 nitrogen and oxygen atoms in total. The van der Waals surface area contributed by atoms with Crippen LogP contribution in [0.4, 0.5) is 8.78 Å². The molecule has 0 aliphatic rings. The van der Waals surface area contributed by atoms with Gasteiger partial charge < -0.3 is 4.74 Å². The second kappa shape index (κ2) is 10.2. The van der Waals surface area contributed by atoms with E-state index in [-0.39, 0.29) is 17.7 Å². The molecule has 0 radical (unpaired) electrons. The molecule has 2 aromatic carbocycles. The average molecular weight is 500 g/mol. The van der Waals surface area contributed by atoms with Gasteiger partial charge in [0.2, 0.25) is 0 Å². The van der Waals surface area contributed by atoms with Crippen molar-refractivity contribution in [1.29, 1.82) is 0 Å². The van der Waals surface area contributed by atoms with Crippen molar-refractivity contribution < 1.29 is 18.3 Å². The lowest BCUT2D eigenvalue weighted by atomic mass is 9.97. The summed E-state index contributed by atoms with van der Waals surface area (Å²) in [7, 11) is 0. The maximum Gasteiger partial charge on any atom is 0.266 e. The lowest BCUT2D eigenvalue weighted by Crippen LogP contribution is -2.27. The molecule has 5 aromatic rings. The first-order valence-corrected chi connectivity index (χ1v) is 11.9. The Morgan fingerprint density at radius 3 is 2.54 bits per heavy atom. The van der Waals surface area contributed by atoms with E-state index >= 15 is 0 Å². The van der Waals surface area contributed by atoms with Gasteiger partial charge in [0.25, 0.3) is 5.56 Å². The van der Waals surface area contributed by atoms with E-state index in [1.807, 2.05) is 6.92 Å². The number of Topliss-reactive ketones (excluding diaryl/α,β-unsaturated/α-hetero) is 1. The Morgan fingerprint density at radius 2 is 1.78 bits per heavy atom. The van der Waals surface area contributed by atoms with E-state index < -0.39 is 23.0 Å². The minimum Gasteiger partial charge on any atom is -0.452 e. The van der Waals surface area contributed by atoms with Crippen molar-refractivity contribution in [2.75, 3.05) is 0 Å². The zero-order chi connectivity index (χ0) is 25.9. The molecule has 0 atom stereocenters. The van der Waals surface area contributed by atoms with Crippen LogP contribution in [0.25, 0.3) is 11.2 Å². The number of benzene rings is 2. The summed E-state index contributed by atoms with van der Waals surface area (Å²) in [5, 5.41) is 4.14. The Labute approximate surface area is 211 Å². The number of hydrogen-bond acceptors (Lipinski definition) is 4. The molecule has 0 bridgehead atoms. The number of pyridine rings is 2. The van der Waals surface area contributed by atoms with Crippen LogP contribution in [-0.4, -0.2) is 20.0 Å². The lowest BCUT2D eigenvalue weighted by Gasteiger charge is -2.13. The maximum absolute atomic E-state index is 15.0. The van der Waals surface area contributed by atoms with Gasteiger partial charge in [0.15, 0.2) is 23.1 Å². The number of ketones is 1. The number of aromatic nitrogens is 3. The smallest absolute Gasteiger partial charge is 0.266 e. The predicted molar refractivity (Wildman–Crippen MR) is 136 cm³/mol. The van der Waals surface area contributed by atoms with E-state index in [0.717, 1.165) is 6.42 Å². The molecule has 3 aromatic heterocycles. The summed E-state index contributed by atoms with van der Waals surface area (Å²) in [5.74, 6) is -1.01. The van der Waals surface area contributed by atoms with Crippen LogP contribution in [0.1, 0.15) is 34.8 Å². The van der Waals surface area contributed by atoms with E-state index in [2.05, 4.69) is 5.10 Å². The van der Waals surface area contributed by atoms with Crippen molar-refractivity contribution in [3.63, 3.8) is 0 Å². The van der Waals surface area contributed by atoms with E-state index in [1.165, 1.54) is 41.0 Å². The van der Waals surface area contributed by atoms with Gasteiger partial charge in [-0.2, -0.15) is 5.10 Å². The van der Waals surface area contributed by atoms with E-state index in [9.17, 15) is 18.4 Å². The molecule has 8 heteroatoms. The topological polar surface area (TPSA) is 65.6 Å². The van der Waals surface area contributed by atoms with Gasteiger partial charge >= 0.3 is 0 Å². The van der Waals surface area contributed by atoms with Crippen molar-refractivity contribution in [2.45, 2.75) is 26.2 Å². The van der Waals surface area contributed by atoms with Crippen molar-refractivity contribution >= 4 is 11.3 Å². The number of fused-ring (bicyclic) bond motifs is 1. The van der Waals surface area contributed by atoms with Crippen LogP contribution in [0.5, 0.6) is 11.5 Å². The number of aryl methyl sites for hydroxylation is 1. The summed E-state index contributed by atoms with van der Waals surface area (Å²) in [6, 6.07) is 16.7. The summed E-state index contributed by atoms with van der Waals surface area (Å²) in [4.78, 5) is 26.7. The van der Waals surface area contributed by atoms with Crippen LogP contribution in [0, 0.1) is 11.6 Å². The Kier molecular flexibility index (Phi) is 6.64. The number of carbonyl (C=O) groups excluding carboxylic acids is 1. The molecule has 0 unspecified atom stereocenters. The molecule has 5 rings (SSSR count). The van der Waals surface area contributed by atoms with Gasteiger partial charge in [-0.3, -0.25) is 14.2 Å². The third-order valence-corrected chi connectivity index (χ3v) is 6.06. The number of halogens is 2. The third kappa shape index (κ3) is 4.91. The molecule has 0 fully saturated rings. The number of nitrogens with zero attached hydrogens (tertiary/aromatic N) is 3. The zero-order valence-electron chi connectivity index (χ0n) is 20.0. The molecule has 0 saturated carbocycles. The minimum atomic E-state index is -0.627. The Hall–Kier alpha value is -4.59. The standard InChI is InChI=1S/C29H23F2N3O3/c1-2-4-20-13-16-33(22-9-7-21(30)8-10-22)29(36)28(20)25(35)18-19-6-11-26(23(31)17-19)37-27-5-3-15-34-24(27)12-14-32-34/h3,5-17H,2,4,18H2,1H3. The monoisotopic (exact) mass is 499 g/mol. The van der Waals surface area contributed by atoms with Crippen LogP contribution in [0.15, 0.2) is 90.1 Å². The maximum atomic E-state index is 15.0. The van der Waals surface area contributed by atoms with Crippen LogP contribution >= 0.6 is 0 Å². The second-order valence-corrected chi connectivity index (χ2v) is 8.62. The van der Waals surface area contributed by atoms with Gasteiger partial charge in [0, 0.05) is 24.5 Å². The Bertz CT molecular complexity index is 1660. The summed E-state index contributed by atoms with van der Waals surface area (Å²) < 4.78 is 37.0. The third-order valence-electron chi connectivity index (χ3n) is 6.06. The fourth-order valence-corrected chi connectivity index (χ4v) is 4.30. The van der Waals surface area contributed by atoms with Crippen molar-refractivity contribution in [1.82, 2.24) is 14.2 Å². The van der Waals surface area contributed by atoms with Crippen LogP contribution in [0.3, 0.4) is 0 Å².